The molecule has 0 aromatic rings. The van der Waals surface area contributed by atoms with Gasteiger partial charge >= 0.3 is 0 Å². The number of amides is 3. The van der Waals surface area contributed by atoms with E-state index < -0.39 is 30.1 Å². The number of piperidine rings is 1. The van der Waals surface area contributed by atoms with E-state index in [4.69, 9.17) is 0 Å². The summed E-state index contributed by atoms with van der Waals surface area (Å²) in [4.78, 5) is 36.7. The standard InChI is InChI=1S/C13H17FN2O4/c14-8-4-7-6(3-10(8)17)5-16(13(7)20)9-1-2-11(18)15-12(9)19/h6-10,17H,1-5H2,(H,15,18,19). The van der Waals surface area contributed by atoms with Gasteiger partial charge in [-0.3, -0.25) is 19.7 Å². The minimum atomic E-state index is -1.37. The number of fused-ring (bicyclic) bond motifs is 1. The first-order valence-corrected chi connectivity index (χ1v) is 6.93. The van der Waals surface area contributed by atoms with E-state index in [0.29, 0.717) is 13.0 Å². The van der Waals surface area contributed by atoms with E-state index in [2.05, 4.69) is 5.32 Å². The summed E-state index contributed by atoms with van der Waals surface area (Å²) in [5, 5.41) is 11.8. The topological polar surface area (TPSA) is 86.7 Å². The molecule has 6 nitrogen and oxygen atoms in total. The first-order valence-electron chi connectivity index (χ1n) is 6.93. The summed E-state index contributed by atoms with van der Waals surface area (Å²) >= 11 is 0. The van der Waals surface area contributed by atoms with Crippen molar-refractivity contribution in [2.24, 2.45) is 11.8 Å². The van der Waals surface area contributed by atoms with E-state index in [1.165, 1.54) is 4.90 Å². The predicted octanol–water partition coefficient (Wildman–Crippen LogP) is -0.641. The maximum Gasteiger partial charge on any atom is 0.249 e. The first kappa shape index (κ1) is 13.5. The van der Waals surface area contributed by atoms with Crippen molar-refractivity contribution in [3.63, 3.8) is 0 Å². The minimum Gasteiger partial charge on any atom is -0.390 e. The molecule has 5 unspecified atom stereocenters. The molecule has 2 N–H and O–H groups in total. The third-order valence-electron chi connectivity index (χ3n) is 4.63. The van der Waals surface area contributed by atoms with Crippen LogP contribution in [0.3, 0.4) is 0 Å². The number of halogens is 1. The fourth-order valence-electron chi connectivity index (χ4n) is 3.53. The molecule has 110 valence electrons. The van der Waals surface area contributed by atoms with E-state index in [0.717, 1.165) is 0 Å². The number of aliphatic hydroxyl groups is 1. The summed E-state index contributed by atoms with van der Waals surface area (Å²) < 4.78 is 13.5. The van der Waals surface area contributed by atoms with Gasteiger partial charge in [-0.15, -0.1) is 0 Å². The summed E-state index contributed by atoms with van der Waals surface area (Å²) in [5.74, 6) is -1.55. The lowest BCUT2D eigenvalue weighted by atomic mass is 9.79. The fourth-order valence-corrected chi connectivity index (χ4v) is 3.53. The molecule has 1 saturated carbocycles. The highest BCUT2D eigenvalue weighted by atomic mass is 19.1. The average Bonchev–Trinajstić information content (AvgIpc) is 2.68. The molecule has 3 amide bonds. The summed E-state index contributed by atoms with van der Waals surface area (Å²) in [6.45, 7) is 0.361. The lowest BCUT2D eigenvalue weighted by molar-refractivity contribution is -0.145. The van der Waals surface area contributed by atoms with E-state index in [1.807, 2.05) is 0 Å². The van der Waals surface area contributed by atoms with E-state index in [-0.39, 0.29) is 37.0 Å². The van der Waals surface area contributed by atoms with Gasteiger partial charge in [0.15, 0.2) is 0 Å². The smallest absolute Gasteiger partial charge is 0.249 e. The highest BCUT2D eigenvalue weighted by Crippen LogP contribution is 2.39. The second-order valence-electron chi connectivity index (χ2n) is 5.88. The Hall–Kier alpha value is -1.50. The SMILES string of the molecule is O=C1CCC(N2CC3CC(O)C(F)CC3C2=O)C(=O)N1. The Morgan fingerprint density at radius 3 is 2.70 bits per heavy atom. The second-order valence-corrected chi connectivity index (χ2v) is 5.88. The third kappa shape index (κ3) is 2.09. The summed E-state index contributed by atoms with van der Waals surface area (Å²) in [6, 6.07) is -0.638. The monoisotopic (exact) mass is 284 g/mol. The molecular weight excluding hydrogens is 267 g/mol. The van der Waals surface area contributed by atoms with Crippen molar-refractivity contribution >= 4 is 17.7 Å². The number of carbonyl (C=O) groups excluding carboxylic acids is 3. The Morgan fingerprint density at radius 1 is 1.25 bits per heavy atom. The van der Waals surface area contributed by atoms with Gasteiger partial charge in [0, 0.05) is 18.9 Å². The molecule has 2 heterocycles. The zero-order valence-electron chi connectivity index (χ0n) is 10.9. The summed E-state index contributed by atoms with van der Waals surface area (Å²) in [5.41, 5.74) is 0. The number of hydrogen-bond acceptors (Lipinski definition) is 4. The molecule has 2 saturated heterocycles. The van der Waals surface area contributed by atoms with Crippen molar-refractivity contribution in [3.8, 4) is 0 Å². The van der Waals surface area contributed by atoms with Crippen molar-refractivity contribution in [3.05, 3.63) is 0 Å². The molecule has 2 aliphatic heterocycles. The molecule has 0 aromatic carbocycles. The number of carbonyl (C=O) groups is 3. The van der Waals surface area contributed by atoms with Gasteiger partial charge in [-0.2, -0.15) is 0 Å². The Balaban J connectivity index is 1.75. The quantitative estimate of drug-likeness (QED) is 0.627. The molecule has 3 rings (SSSR count). The molecule has 3 fully saturated rings. The number of rotatable bonds is 1. The lowest BCUT2D eigenvalue weighted by Gasteiger charge is -2.29. The number of nitrogens with one attached hydrogen (secondary N) is 1. The van der Waals surface area contributed by atoms with Crippen LogP contribution in [0.2, 0.25) is 0 Å². The fraction of sp³-hybridized carbons (Fsp3) is 0.769. The number of aliphatic hydroxyl groups excluding tert-OH is 1. The Bertz CT molecular complexity index is 469. The summed E-state index contributed by atoms with van der Waals surface area (Å²) in [6.07, 6.45) is -1.59. The van der Waals surface area contributed by atoms with Gasteiger partial charge in [0.1, 0.15) is 12.2 Å². The van der Waals surface area contributed by atoms with Crippen molar-refractivity contribution in [2.45, 2.75) is 44.0 Å². The van der Waals surface area contributed by atoms with Gasteiger partial charge in [-0.05, 0) is 25.2 Å². The van der Waals surface area contributed by atoms with Crippen LogP contribution in [0, 0.1) is 11.8 Å². The van der Waals surface area contributed by atoms with Crippen molar-refractivity contribution in [1.29, 1.82) is 0 Å². The normalized spacial score (nSPS) is 41.6. The van der Waals surface area contributed by atoms with Gasteiger partial charge < -0.3 is 10.0 Å². The van der Waals surface area contributed by atoms with Crippen LogP contribution in [-0.4, -0.2) is 52.6 Å². The molecule has 7 heteroatoms. The van der Waals surface area contributed by atoms with Crippen LogP contribution < -0.4 is 5.32 Å². The van der Waals surface area contributed by atoms with Crippen LogP contribution in [0.15, 0.2) is 0 Å². The molecule has 0 aromatic heterocycles. The Kier molecular flexibility index (Phi) is 3.24. The van der Waals surface area contributed by atoms with Crippen LogP contribution in [0.4, 0.5) is 4.39 Å². The largest absolute Gasteiger partial charge is 0.390 e. The Labute approximate surface area is 115 Å². The second kappa shape index (κ2) is 4.80. The van der Waals surface area contributed by atoms with E-state index >= 15 is 0 Å². The number of alkyl halides is 1. The van der Waals surface area contributed by atoms with Crippen molar-refractivity contribution < 1.29 is 23.9 Å². The minimum absolute atomic E-state index is 0.0223. The van der Waals surface area contributed by atoms with Crippen LogP contribution in [0.25, 0.3) is 0 Å². The zero-order chi connectivity index (χ0) is 14.4. The lowest BCUT2D eigenvalue weighted by Crippen LogP contribution is -2.53. The number of imide groups is 1. The van der Waals surface area contributed by atoms with Crippen LogP contribution in [0.5, 0.6) is 0 Å². The van der Waals surface area contributed by atoms with E-state index in [1.54, 1.807) is 0 Å². The molecule has 20 heavy (non-hydrogen) atoms. The van der Waals surface area contributed by atoms with Gasteiger partial charge in [-0.1, -0.05) is 0 Å². The highest BCUT2D eigenvalue weighted by molar-refractivity contribution is 6.02. The van der Waals surface area contributed by atoms with Gasteiger partial charge in [0.25, 0.3) is 0 Å². The first-order chi connectivity index (χ1) is 9.47. The van der Waals surface area contributed by atoms with Gasteiger partial charge in [0.2, 0.25) is 17.7 Å². The molecule has 3 aliphatic rings. The predicted molar refractivity (Wildman–Crippen MR) is 65.0 cm³/mol. The van der Waals surface area contributed by atoms with Gasteiger partial charge in [0.05, 0.1) is 6.10 Å². The zero-order valence-corrected chi connectivity index (χ0v) is 10.9. The molecule has 1 aliphatic carbocycles. The third-order valence-corrected chi connectivity index (χ3v) is 4.63. The molecule has 0 spiro atoms. The van der Waals surface area contributed by atoms with E-state index in [9.17, 15) is 23.9 Å². The maximum absolute atomic E-state index is 13.5. The average molecular weight is 284 g/mol. The summed E-state index contributed by atoms with van der Waals surface area (Å²) in [7, 11) is 0. The van der Waals surface area contributed by atoms with Crippen molar-refractivity contribution in [2.75, 3.05) is 6.54 Å². The number of nitrogens with zero attached hydrogens (tertiary/aromatic N) is 1. The molecule has 5 atom stereocenters. The van der Waals surface area contributed by atoms with Crippen LogP contribution in [-0.2, 0) is 14.4 Å². The van der Waals surface area contributed by atoms with Crippen molar-refractivity contribution in [1.82, 2.24) is 10.2 Å². The number of likely N-dealkylation sites (tertiary alicyclic amines) is 1. The highest BCUT2D eigenvalue weighted by Gasteiger charge is 2.50. The van der Waals surface area contributed by atoms with Crippen LogP contribution in [0.1, 0.15) is 25.7 Å². The van der Waals surface area contributed by atoms with Crippen LogP contribution >= 0.6 is 0 Å². The molecule has 0 bridgehead atoms. The molecular formula is C13H17FN2O4. The number of hydrogen-bond donors (Lipinski definition) is 2. The maximum atomic E-state index is 13.5. The van der Waals surface area contributed by atoms with Gasteiger partial charge in [-0.25, -0.2) is 4.39 Å². The Morgan fingerprint density at radius 2 is 2.00 bits per heavy atom. The molecule has 0 radical (unpaired) electrons.